The van der Waals surface area contributed by atoms with Crippen LogP contribution in [0, 0.1) is 0 Å². The molecule has 0 radical (unpaired) electrons. The van der Waals surface area contributed by atoms with E-state index in [9.17, 15) is 0 Å². The molecule has 1 fully saturated rings. The molecule has 0 amide bonds. The third-order valence-corrected chi connectivity index (χ3v) is 4.50. The summed E-state index contributed by atoms with van der Waals surface area (Å²) in [5.41, 5.74) is 2.84. The lowest BCUT2D eigenvalue weighted by molar-refractivity contribution is 0.296. The van der Waals surface area contributed by atoms with Crippen LogP contribution in [0.4, 0.5) is 0 Å². The molecular formula is C17H25NO2. The lowest BCUT2D eigenvalue weighted by atomic mass is 9.83. The Morgan fingerprint density at radius 3 is 2.40 bits per heavy atom. The summed E-state index contributed by atoms with van der Waals surface area (Å²) >= 11 is 0. The topological polar surface area (TPSA) is 30.5 Å². The number of nitrogens with one attached hydrogen (secondary N) is 1. The second-order valence-corrected chi connectivity index (χ2v) is 6.45. The van der Waals surface area contributed by atoms with E-state index in [0.29, 0.717) is 5.92 Å². The SMILES string of the molecule is CC(C)c1cc2c(cc1C1(C)CCCN1)OCCCO2. The van der Waals surface area contributed by atoms with Crippen LogP contribution in [-0.2, 0) is 5.54 Å². The van der Waals surface area contributed by atoms with Crippen molar-refractivity contribution in [2.75, 3.05) is 19.8 Å². The Hall–Kier alpha value is -1.22. The Morgan fingerprint density at radius 2 is 1.80 bits per heavy atom. The fourth-order valence-corrected chi connectivity index (χ4v) is 3.30. The van der Waals surface area contributed by atoms with Crippen molar-refractivity contribution in [1.82, 2.24) is 5.32 Å². The second kappa shape index (κ2) is 5.28. The first-order valence-corrected chi connectivity index (χ1v) is 7.79. The summed E-state index contributed by atoms with van der Waals surface area (Å²) in [6.45, 7) is 9.41. The standard InChI is InChI=1S/C17H25NO2/c1-12(2)13-10-15-16(20-9-5-8-19-15)11-14(13)17(3)6-4-7-18-17/h10-12,18H,4-9H2,1-3H3. The molecule has 2 aliphatic heterocycles. The van der Waals surface area contributed by atoms with Gasteiger partial charge in [0.15, 0.2) is 11.5 Å². The van der Waals surface area contributed by atoms with Crippen molar-refractivity contribution in [3.05, 3.63) is 23.3 Å². The summed E-state index contributed by atoms with van der Waals surface area (Å²) in [6.07, 6.45) is 3.38. The molecule has 0 aliphatic carbocycles. The summed E-state index contributed by atoms with van der Waals surface area (Å²) in [5.74, 6) is 2.31. The molecule has 20 heavy (non-hydrogen) atoms. The number of rotatable bonds is 2. The molecule has 1 saturated heterocycles. The highest BCUT2D eigenvalue weighted by atomic mass is 16.5. The maximum atomic E-state index is 5.88. The third kappa shape index (κ3) is 2.39. The number of ether oxygens (including phenoxy) is 2. The fraction of sp³-hybridized carbons (Fsp3) is 0.647. The minimum atomic E-state index is 0.0737. The minimum absolute atomic E-state index is 0.0737. The van der Waals surface area contributed by atoms with E-state index in [1.165, 1.54) is 24.0 Å². The van der Waals surface area contributed by atoms with Crippen LogP contribution in [-0.4, -0.2) is 19.8 Å². The molecule has 1 atom stereocenters. The van der Waals surface area contributed by atoms with Crippen LogP contribution in [0.5, 0.6) is 11.5 Å². The fourth-order valence-electron chi connectivity index (χ4n) is 3.30. The molecule has 110 valence electrons. The van der Waals surface area contributed by atoms with Gasteiger partial charge in [-0.2, -0.15) is 0 Å². The van der Waals surface area contributed by atoms with Gasteiger partial charge in [0.25, 0.3) is 0 Å². The Morgan fingerprint density at radius 1 is 1.10 bits per heavy atom. The zero-order valence-electron chi connectivity index (χ0n) is 12.8. The molecule has 2 aliphatic rings. The molecule has 1 unspecified atom stereocenters. The Kier molecular flexibility index (Phi) is 3.63. The van der Waals surface area contributed by atoms with Gasteiger partial charge in [-0.05, 0) is 55.5 Å². The van der Waals surface area contributed by atoms with Crippen LogP contribution in [0.2, 0.25) is 0 Å². The molecule has 3 heteroatoms. The lowest BCUT2D eigenvalue weighted by Crippen LogP contribution is -2.34. The molecular weight excluding hydrogens is 250 g/mol. The predicted octanol–water partition coefficient (Wildman–Crippen LogP) is 3.57. The smallest absolute Gasteiger partial charge is 0.161 e. The predicted molar refractivity (Wildman–Crippen MR) is 80.7 cm³/mol. The molecule has 1 N–H and O–H groups in total. The number of hydrogen-bond donors (Lipinski definition) is 1. The highest BCUT2D eigenvalue weighted by Gasteiger charge is 2.34. The van der Waals surface area contributed by atoms with Crippen molar-refractivity contribution >= 4 is 0 Å². The van der Waals surface area contributed by atoms with Gasteiger partial charge in [0.2, 0.25) is 0 Å². The number of benzene rings is 1. The largest absolute Gasteiger partial charge is 0.490 e. The van der Waals surface area contributed by atoms with Crippen molar-refractivity contribution < 1.29 is 9.47 Å². The first-order chi connectivity index (χ1) is 9.60. The van der Waals surface area contributed by atoms with Gasteiger partial charge in [0.05, 0.1) is 13.2 Å². The van der Waals surface area contributed by atoms with Crippen molar-refractivity contribution in [2.45, 2.75) is 51.5 Å². The van der Waals surface area contributed by atoms with Crippen LogP contribution < -0.4 is 14.8 Å². The van der Waals surface area contributed by atoms with E-state index in [1.807, 2.05) is 0 Å². The van der Waals surface area contributed by atoms with E-state index in [4.69, 9.17) is 9.47 Å². The Bertz CT molecular complexity index is 490. The molecule has 1 aromatic rings. The molecule has 0 saturated carbocycles. The van der Waals surface area contributed by atoms with E-state index >= 15 is 0 Å². The van der Waals surface area contributed by atoms with Gasteiger partial charge in [0, 0.05) is 12.0 Å². The van der Waals surface area contributed by atoms with Crippen LogP contribution in [0.1, 0.15) is 57.1 Å². The maximum absolute atomic E-state index is 5.88. The molecule has 0 aromatic heterocycles. The summed E-state index contributed by atoms with van der Waals surface area (Å²) in [4.78, 5) is 0. The minimum Gasteiger partial charge on any atom is -0.490 e. The second-order valence-electron chi connectivity index (χ2n) is 6.45. The molecule has 1 aromatic carbocycles. The normalized spacial score (nSPS) is 25.8. The van der Waals surface area contributed by atoms with Gasteiger partial charge >= 0.3 is 0 Å². The highest BCUT2D eigenvalue weighted by molar-refractivity contribution is 5.51. The van der Waals surface area contributed by atoms with Crippen LogP contribution in [0.15, 0.2) is 12.1 Å². The van der Waals surface area contributed by atoms with Gasteiger partial charge in [-0.25, -0.2) is 0 Å². The van der Waals surface area contributed by atoms with E-state index < -0.39 is 0 Å². The zero-order valence-corrected chi connectivity index (χ0v) is 12.8. The molecule has 3 rings (SSSR count). The van der Waals surface area contributed by atoms with Gasteiger partial charge in [-0.15, -0.1) is 0 Å². The van der Waals surface area contributed by atoms with Crippen LogP contribution in [0.25, 0.3) is 0 Å². The summed E-state index contributed by atoms with van der Waals surface area (Å²) in [5, 5.41) is 3.67. The Balaban J connectivity index is 2.09. The average molecular weight is 275 g/mol. The number of fused-ring (bicyclic) bond motifs is 1. The van der Waals surface area contributed by atoms with Crippen molar-refractivity contribution in [1.29, 1.82) is 0 Å². The van der Waals surface area contributed by atoms with Crippen molar-refractivity contribution in [2.24, 2.45) is 0 Å². The van der Waals surface area contributed by atoms with E-state index in [2.05, 4.69) is 38.2 Å². The monoisotopic (exact) mass is 275 g/mol. The molecule has 3 nitrogen and oxygen atoms in total. The summed E-state index contributed by atoms with van der Waals surface area (Å²) in [6, 6.07) is 4.42. The van der Waals surface area contributed by atoms with Crippen LogP contribution >= 0.6 is 0 Å². The number of hydrogen-bond acceptors (Lipinski definition) is 3. The third-order valence-electron chi connectivity index (χ3n) is 4.50. The first kappa shape index (κ1) is 13.7. The van der Waals surface area contributed by atoms with Crippen molar-refractivity contribution in [3.63, 3.8) is 0 Å². The van der Waals surface area contributed by atoms with E-state index in [0.717, 1.165) is 37.7 Å². The molecule has 0 spiro atoms. The molecule has 0 bridgehead atoms. The van der Waals surface area contributed by atoms with Gasteiger partial charge in [-0.3, -0.25) is 0 Å². The summed E-state index contributed by atoms with van der Waals surface area (Å²) < 4.78 is 11.7. The van der Waals surface area contributed by atoms with Crippen LogP contribution in [0.3, 0.4) is 0 Å². The molecule has 2 heterocycles. The van der Waals surface area contributed by atoms with E-state index in [1.54, 1.807) is 0 Å². The van der Waals surface area contributed by atoms with E-state index in [-0.39, 0.29) is 5.54 Å². The van der Waals surface area contributed by atoms with Gasteiger partial charge in [0.1, 0.15) is 0 Å². The quantitative estimate of drug-likeness (QED) is 0.895. The van der Waals surface area contributed by atoms with Gasteiger partial charge < -0.3 is 14.8 Å². The Labute approximate surface area is 121 Å². The summed E-state index contributed by atoms with van der Waals surface area (Å²) in [7, 11) is 0. The van der Waals surface area contributed by atoms with Crippen molar-refractivity contribution in [3.8, 4) is 11.5 Å². The maximum Gasteiger partial charge on any atom is 0.161 e. The zero-order chi connectivity index (χ0) is 14.2. The highest BCUT2D eigenvalue weighted by Crippen LogP contribution is 2.42. The average Bonchev–Trinajstić information content (AvgIpc) is 2.74. The lowest BCUT2D eigenvalue weighted by Gasteiger charge is -2.30. The van der Waals surface area contributed by atoms with Gasteiger partial charge in [-0.1, -0.05) is 13.8 Å². The first-order valence-electron chi connectivity index (χ1n) is 7.79.